The average Bonchev–Trinajstić information content (AvgIpc) is 2.53. The molecule has 1 N–H and O–H groups in total. The second-order valence-electron chi connectivity index (χ2n) is 5.33. The summed E-state index contributed by atoms with van der Waals surface area (Å²) in [5.41, 5.74) is 0.965. The van der Waals surface area contributed by atoms with Crippen LogP contribution < -0.4 is 14.8 Å². The summed E-state index contributed by atoms with van der Waals surface area (Å²) in [5.74, 6) is 0.266. The van der Waals surface area contributed by atoms with Gasteiger partial charge in [-0.1, -0.05) is 23.2 Å². The molecule has 0 fully saturated rings. The fraction of sp³-hybridized carbons (Fsp3) is 0.222. The number of ketones is 1. The van der Waals surface area contributed by atoms with Crippen LogP contribution in [0, 0.1) is 0 Å². The summed E-state index contributed by atoms with van der Waals surface area (Å²) in [7, 11) is 1.46. The topological polar surface area (TPSA) is 64.6 Å². The zero-order chi connectivity index (χ0) is 18.6. The monoisotopic (exact) mass is 381 g/mol. The molecule has 0 spiro atoms. The van der Waals surface area contributed by atoms with E-state index < -0.39 is 6.10 Å². The highest BCUT2D eigenvalue weighted by Gasteiger charge is 2.18. The first kappa shape index (κ1) is 19.1. The zero-order valence-corrected chi connectivity index (χ0v) is 15.4. The van der Waals surface area contributed by atoms with E-state index in [0.717, 1.165) is 0 Å². The number of carbonyl (C=O) groups is 2. The predicted molar refractivity (Wildman–Crippen MR) is 98.2 cm³/mol. The molecule has 25 heavy (non-hydrogen) atoms. The highest BCUT2D eigenvalue weighted by Crippen LogP contribution is 2.29. The van der Waals surface area contributed by atoms with Gasteiger partial charge in [-0.15, -0.1) is 0 Å². The summed E-state index contributed by atoms with van der Waals surface area (Å²) in [6.45, 7) is 3.06. The minimum absolute atomic E-state index is 0.0894. The Bertz CT molecular complexity index is 787. The molecule has 0 aliphatic heterocycles. The third-order valence-electron chi connectivity index (χ3n) is 3.37. The molecule has 1 atom stereocenters. The minimum atomic E-state index is -0.810. The Morgan fingerprint density at radius 2 is 1.68 bits per heavy atom. The Morgan fingerprint density at radius 3 is 2.24 bits per heavy atom. The Kier molecular flexibility index (Phi) is 6.28. The first-order valence-electron chi connectivity index (χ1n) is 7.42. The second kappa shape index (κ2) is 8.23. The van der Waals surface area contributed by atoms with Crippen LogP contribution in [0.5, 0.6) is 11.5 Å². The van der Waals surface area contributed by atoms with Gasteiger partial charge in [0.2, 0.25) is 0 Å². The van der Waals surface area contributed by atoms with Gasteiger partial charge >= 0.3 is 0 Å². The van der Waals surface area contributed by atoms with E-state index in [1.54, 1.807) is 43.3 Å². The average molecular weight is 382 g/mol. The number of carbonyl (C=O) groups excluding carboxylic acids is 2. The van der Waals surface area contributed by atoms with Crippen molar-refractivity contribution in [2.45, 2.75) is 20.0 Å². The van der Waals surface area contributed by atoms with Crippen molar-refractivity contribution < 1.29 is 19.1 Å². The lowest BCUT2D eigenvalue weighted by Crippen LogP contribution is -2.30. The van der Waals surface area contributed by atoms with Gasteiger partial charge in [0.05, 0.1) is 7.11 Å². The number of hydrogen-bond donors (Lipinski definition) is 1. The quantitative estimate of drug-likeness (QED) is 0.741. The molecule has 0 unspecified atom stereocenters. The summed E-state index contributed by atoms with van der Waals surface area (Å²) in [4.78, 5) is 23.7. The van der Waals surface area contributed by atoms with E-state index in [9.17, 15) is 9.59 Å². The van der Waals surface area contributed by atoms with E-state index in [-0.39, 0.29) is 11.7 Å². The number of rotatable bonds is 6. The van der Waals surface area contributed by atoms with Gasteiger partial charge in [0, 0.05) is 21.3 Å². The van der Waals surface area contributed by atoms with E-state index in [2.05, 4.69) is 5.32 Å². The first-order chi connectivity index (χ1) is 11.8. The number of ether oxygens (including phenoxy) is 2. The Hall–Kier alpha value is -2.24. The maximum atomic E-state index is 12.3. The van der Waals surface area contributed by atoms with E-state index in [0.29, 0.717) is 32.8 Å². The van der Waals surface area contributed by atoms with Gasteiger partial charge in [-0.25, -0.2) is 0 Å². The Morgan fingerprint density at radius 1 is 1.04 bits per heavy atom. The van der Waals surface area contributed by atoms with Gasteiger partial charge in [0.25, 0.3) is 5.91 Å². The molecule has 1 amide bonds. The summed E-state index contributed by atoms with van der Waals surface area (Å²) in [5, 5.41) is 3.51. The molecule has 7 heteroatoms. The number of amides is 1. The lowest BCUT2D eigenvalue weighted by molar-refractivity contribution is -0.122. The third kappa shape index (κ3) is 5.11. The molecule has 0 aliphatic carbocycles. The fourth-order valence-electron chi connectivity index (χ4n) is 2.10. The number of methoxy groups -OCH3 is 1. The molecule has 2 aromatic rings. The van der Waals surface area contributed by atoms with Crippen molar-refractivity contribution in [3.05, 3.63) is 52.0 Å². The van der Waals surface area contributed by atoms with Gasteiger partial charge in [-0.3, -0.25) is 9.59 Å². The molecule has 5 nitrogen and oxygen atoms in total. The van der Waals surface area contributed by atoms with Gasteiger partial charge in [-0.2, -0.15) is 0 Å². The number of hydrogen-bond acceptors (Lipinski definition) is 4. The maximum absolute atomic E-state index is 12.3. The van der Waals surface area contributed by atoms with Crippen LogP contribution in [0.15, 0.2) is 36.4 Å². The summed E-state index contributed by atoms with van der Waals surface area (Å²) >= 11 is 11.8. The van der Waals surface area contributed by atoms with Crippen LogP contribution in [0.25, 0.3) is 0 Å². The van der Waals surface area contributed by atoms with Gasteiger partial charge in [0.15, 0.2) is 23.4 Å². The number of benzene rings is 2. The van der Waals surface area contributed by atoms with Gasteiger partial charge in [-0.05, 0) is 50.2 Å². The summed E-state index contributed by atoms with van der Waals surface area (Å²) in [6, 6.07) is 9.51. The minimum Gasteiger partial charge on any atom is -0.493 e. The molecule has 0 saturated heterocycles. The molecule has 0 aromatic heterocycles. The van der Waals surface area contributed by atoms with Crippen LogP contribution in [-0.2, 0) is 4.79 Å². The molecule has 2 aromatic carbocycles. The predicted octanol–water partition coefficient (Wildman–Crippen LogP) is 4.61. The second-order valence-corrected chi connectivity index (χ2v) is 6.20. The maximum Gasteiger partial charge on any atom is 0.265 e. The Labute approximate surface area is 155 Å². The van der Waals surface area contributed by atoms with Crippen LogP contribution in [0.3, 0.4) is 0 Å². The highest BCUT2D eigenvalue weighted by molar-refractivity contribution is 6.35. The Balaban J connectivity index is 2.11. The largest absolute Gasteiger partial charge is 0.493 e. The summed E-state index contributed by atoms with van der Waals surface area (Å²) in [6.07, 6.45) is -0.810. The van der Waals surface area contributed by atoms with Gasteiger partial charge < -0.3 is 14.8 Å². The molecular weight excluding hydrogens is 365 g/mol. The van der Waals surface area contributed by atoms with E-state index in [4.69, 9.17) is 32.7 Å². The van der Waals surface area contributed by atoms with Crippen LogP contribution >= 0.6 is 23.2 Å². The van der Waals surface area contributed by atoms with E-state index in [1.807, 2.05) is 0 Å². The van der Waals surface area contributed by atoms with Crippen molar-refractivity contribution in [1.82, 2.24) is 0 Å². The number of nitrogens with one attached hydrogen (secondary N) is 1. The van der Waals surface area contributed by atoms with Gasteiger partial charge in [0.1, 0.15) is 0 Å². The SMILES string of the molecule is COc1cc(C(C)=O)ccc1O[C@H](C)C(=O)Nc1cc(Cl)cc(Cl)c1. The lowest BCUT2D eigenvalue weighted by atomic mass is 10.1. The van der Waals surface area contributed by atoms with Crippen LogP contribution in [0.1, 0.15) is 24.2 Å². The van der Waals surface area contributed by atoms with Crippen molar-refractivity contribution >= 4 is 40.6 Å². The number of halogens is 2. The molecule has 2 rings (SSSR count). The molecule has 0 saturated carbocycles. The molecule has 0 radical (unpaired) electrons. The van der Waals surface area contributed by atoms with Crippen molar-refractivity contribution in [1.29, 1.82) is 0 Å². The fourth-order valence-corrected chi connectivity index (χ4v) is 2.62. The molecule has 0 bridgehead atoms. The standard InChI is InChI=1S/C18H17Cl2NO4/c1-10(22)12-4-5-16(17(6-12)24-3)25-11(2)18(23)21-15-8-13(19)7-14(20)9-15/h4-9,11H,1-3H3,(H,21,23)/t11-/m1/s1. The van der Waals surface area contributed by atoms with E-state index in [1.165, 1.54) is 14.0 Å². The van der Waals surface area contributed by atoms with Crippen molar-refractivity contribution in [2.75, 3.05) is 12.4 Å². The molecule has 0 aliphatic rings. The first-order valence-corrected chi connectivity index (χ1v) is 8.18. The number of Topliss-reactive ketones (excluding diaryl/α,β-unsaturated/α-hetero) is 1. The summed E-state index contributed by atoms with van der Waals surface area (Å²) < 4.78 is 10.9. The highest BCUT2D eigenvalue weighted by atomic mass is 35.5. The smallest absolute Gasteiger partial charge is 0.265 e. The normalized spacial score (nSPS) is 11.6. The van der Waals surface area contributed by atoms with Crippen molar-refractivity contribution in [3.63, 3.8) is 0 Å². The van der Waals surface area contributed by atoms with Crippen LogP contribution in [0.2, 0.25) is 10.0 Å². The van der Waals surface area contributed by atoms with Crippen molar-refractivity contribution in [3.8, 4) is 11.5 Å². The van der Waals surface area contributed by atoms with Crippen molar-refractivity contribution in [2.24, 2.45) is 0 Å². The molecule has 0 heterocycles. The third-order valence-corrected chi connectivity index (χ3v) is 3.81. The van der Waals surface area contributed by atoms with Crippen LogP contribution in [0.4, 0.5) is 5.69 Å². The number of anilines is 1. The van der Waals surface area contributed by atoms with E-state index >= 15 is 0 Å². The van der Waals surface area contributed by atoms with Crippen LogP contribution in [-0.4, -0.2) is 24.9 Å². The molecule has 132 valence electrons. The zero-order valence-electron chi connectivity index (χ0n) is 13.9. The lowest BCUT2D eigenvalue weighted by Gasteiger charge is -2.17. The molecular formula is C18H17Cl2NO4.